The summed E-state index contributed by atoms with van der Waals surface area (Å²) in [4.78, 5) is 0. The van der Waals surface area contributed by atoms with E-state index in [1.54, 1.807) is 7.11 Å². The van der Waals surface area contributed by atoms with Crippen molar-refractivity contribution in [1.29, 1.82) is 0 Å². The quantitative estimate of drug-likeness (QED) is 0.791. The Hall–Kier alpha value is -1.58. The Morgan fingerprint density at radius 3 is 2.29 bits per heavy atom. The number of rotatable bonds is 6. The van der Waals surface area contributed by atoms with Gasteiger partial charge < -0.3 is 14.9 Å². The smallest absolute Gasteiger partial charge is 0.118 e. The third kappa shape index (κ3) is 3.55. The first-order valence-electron chi connectivity index (χ1n) is 7.40. The molecule has 0 unspecified atom stereocenters. The van der Waals surface area contributed by atoms with Gasteiger partial charge in [-0.2, -0.15) is 0 Å². The topological polar surface area (TPSA) is 49.7 Å². The van der Waals surface area contributed by atoms with Crippen LogP contribution in [0.1, 0.15) is 12.0 Å². The predicted molar refractivity (Wildman–Crippen MR) is 85.0 cm³/mol. The number of methoxy groups -OCH3 is 1. The standard InChI is InChI=1S/C18H24O3/c1-3-14-10-15(18(12-20)17(14)11-19)7-4-13-5-8-16(21-2)9-6-13/h3-9,14-15,17-20H,1,10-12H2,2H3/t14-,15+,17+,18-/m0/s1. The van der Waals surface area contributed by atoms with Gasteiger partial charge in [0.1, 0.15) is 5.75 Å². The summed E-state index contributed by atoms with van der Waals surface area (Å²) >= 11 is 0. The minimum absolute atomic E-state index is 0.104. The van der Waals surface area contributed by atoms with Gasteiger partial charge in [-0.3, -0.25) is 0 Å². The average Bonchev–Trinajstić information content (AvgIpc) is 2.90. The largest absolute Gasteiger partial charge is 0.497 e. The van der Waals surface area contributed by atoms with E-state index in [4.69, 9.17) is 4.74 Å². The van der Waals surface area contributed by atoms with E-state index in [0.29, 0.717) is 0 Å². The van der Waals surface area contributed by atoms with Crippen molar-refractivity contribution in [2.75, 3.05) is 20.3 Å². The maximum Gasteiger partial charge on any atom is 0.118 e. The molecule has 0 saturated heterocycles. The van der Waals surface area contributed by atoms with Crippen molar-refractivity contribution in [2.24, 2.45) is 23.7 Å². The highest BCUT2D eigenvalue weighted by Gasteiger charge is 2.39. The Labute approximate surface area is 126 Å². The Kier molecular flexibility index (Phi) is 5.59. The van der Waals surface area contributed by atoms with Gasteiger partial charge in [-0.05, 0) is 47.8 Å². The van der Waals surface area contributed by atoms with Crippen molar-refractivity contribution >= 4 is 6.08 Å². The molecule has 0 spiro atoms. The Balaban J connectivity index is 2.09. The summed E-state index contributed by atoms with van der Waals surface area (Å²) in [5.74, 6) is 1.61. The first-order chi connectivity index (χ1) is 10.2. The molecule has 0 amide bonds. The van der Waals surface area contributed by atoms with Crippen LogP contribution in [-0.4, -0.2) is 30.5 Å². The van der Waals surface area contributed by atoms with Crippen molar-refractivity contribution in [1.82, 2.24) is 0 Å². The van der Waals surface area contributed by atoms with Crippen LogP contribution >= 0.6 is 0 Å². The highest BCUT2D eigenvalue weighted by molar-refractivity contribution is 5.51. The molecule has 1 aromatic rings. The van der Waals surface area contributed by atoms with Gasteiger partial charge >= 0.3 is 0 Å². The van der Waals surface area contributed by atoms with Gasteiger partial charge in [0.2, 0.25) is 0 Å². The lowest BCUT2D eigenvalue weighted by molar-refractivity contribution is 0.118. The van der Waals surface area contributed by atoms with Gasteiger partial charge in [-0.1, -0.05) is 30.4 Å². The van der Waals surface area contributed by atoms with Crippen LogP contribution in [0.3, 0.4) is 0 Å². The summed E-state index contributed by atoms with van der Waals surface area (Å²) in [6.45, 7) is 4.06. The zero-order chi connectivity index (χ0) is 15.2. The second-order valence-electron chi connectivity index (χ2n) is 5.62. The van der Waals surface area contributed by atoms with E-state index in [0.717, 1.165) is 17.7 Å². The van der Waals surface area contributed by atoms with E-state index >= 15 is 0 Å². The zero-order valence-electron chi connectivity index (χ0n) is 12.5. The van der Waals surface area contributed by atoms with E-state index in [2.05, 4.69) is 18.7 Å². The lowest BCUT2D eigenvalue weighted by Crippen LogP contribution is -2.23. The molecule has 0 aliphatic heterocycles. The van der Waals surface area contributed by atoms with Crippen LogP contribution < -0.4 is 4.74 Å². The molecule has 114 valence electrons. The monoisotopic (exact) mass is 288 g/mol. The average molecular weight is 288 g/mol. The summed E-state index contributed by atoms with van der Waals surface area (Å²) in [6.07, 6.45) is 7.07. The normalized spacial score (nSPS) is 28.9. The van der Waals surface area contributed by atoms with E-state index < -0.39 is 0 Å². The number of hydrogen-bond donors (Lipinski definition) is 2. The molecular formula is C18H24O3. The van der Waals surface area contributed by atoms with Crippen LogP contribution in [0.5, 0.6) is 5.75 Å². The van der Waals surface area contributed by atoms with Crippen molar-refractivity contribution in [3.05, 3.63) is 48.6 Å². The van der Waals surface area contributed by atoms with E-state index in [-0.39, 0.29) is 36.9 Å². The molecule has 1 aliphatic rings. The molecular weight excluding hydrogens is 264 g/mol. The fraction of sp³-hybridized carbons (Fsp3) is 0.444. The highest BCUT2D eigenvalue weighted by atomic mass is 16.5. The molecule has 1 aromatic carbocycles. The molecule has 3 heteroatoms. The van der Waals surface area contributed by atoms with E-state index in [1.165, 1.54) is 0 Å². The number of allylic oxidation sites excluding steroid dienone is 2. The van der Waals surface area contributed by atoms with Crippen LogP contribution in [0.4, 0.5) is 0 Å². The van der Waals surface area contributed by atoms with Gasteiger partial charge in [0, 0.05) is 13.2 Å². The number of ether oxygens (including phenoxy) is 1. The molecule has 0 aromatic heterocycles. The molecule has 21 heavy (non-hydrogen) atoms. The zero-order valence-corrected chi connectivity index (χ0v) is 12.5. The maximum atomic E-state index is 9.62. The molecule has 4 atom stereocenters. The van der Waals surface area contributed by atoms with E-state index in [1.807, 2.05) is 30.3 Å². The molecule has 2 rings (SSSR count). The maximum absolute atomic E-state index is 9.62. The predicted octanol–water partition coefficient (Wildman–Crippen LogP) is 2.75. The molecule has 0 heterocycles. The highest BCUT2D eigenvalue weighted by Crippen LogP contribution is 2.42. The summed E-state index contributed by atoms with van der Waals surface area (Å²) in [5.41, 5.74) is 1.11. The first kappa shape index (κ1) is 15.8. The summed E-state index contributed by atoms with van der Waals surface area (Å²) in [6, 6.07) is 7.88. The Bertz CT molecular complexity index is 478. The van der Waals surface area contributed by atoms with Crippen LogP contribution in [-0.2, 0) is 0 Å². The fourth-order valence-corrected chi connectivity index (χ4v) is 3.28. The minimum atomic E-state index is 0.104. The van der Waals surface area contributed by atoms with Gasteiger partial charge in [-0.25, -0.2) is 0 Å². The molecule has 0 radical (unpaired) electrons. The second kappa shape index (κ2) is 7.43. The minimum Gasteiger partial charge on any atom is -0.497 e. The van der Waals surface area contributed by atoms with E-state index in [9.17, 15) is 10.2 Å². The summed E-state index contributed by atoms with van der Waals surface area (Å²) in [7, 11) is 1.65. The molecule has 3 nitrogen and oxygen atoms in total. The van der Waals surface area contributed by atoms with Crippen molar-refractivity contribution < 1.29 is 14.9 Å². The lowest BCUT2D eigenvalue weighted by atomic mass is 9.88. The summed E-state index contributed by atoms with van der Waals surface area (Å²) < 4.78 is 5.14. The first-order valence-corrected chi connectivity index (χ1v) is 7.40. The molecule has 0 bridgehead atoms. The van der Waals surface area contributed by atoms with Crippen LogP contribution in [0.2, 0.25) is 0 Å². The second-order valence-corrected chi connectivity index (χ2v) is 5.62. The van der Waals surface area contributed by atoms with Gasteiger partial charge in [0.05, 0.1) is 7.11 Å². The van der Waals surface area contributed by atoms with Gasteiger partial charge in [0.25, 0.3) is 0 Å². The number of benzene rings is 1. The number of aliphatic hydroxyl groups is 2. The molecule has 1 saturated carbocycles. The van der Waals surface area contributed by atoms with Crippen LogP contribution in [0.25, 0.3) is 6.08 Å². The van der Waals surface area contributed by atoms with Crippen molar-refractivity contribution in [2.45, 2.75) is 6.42 Å². The number of aliphatic hydroxyl groups excluding tert-OH is 2. The molecule has 2 N–H and O–H groups in total. The van der Waals surface area contributed by atoms with Crippen LogP contribution in [0, 0.1) is 23.7 Å². The third-order valence-corrected chi connectivity index (χ3v) is 4.57. The molecule has 1 fully saturated rings. The van der Waals surface area contributed by atoms with Crippen molar-refractivity contribution in [3.63, 3.8) is 0 Å². The molecule has 1 aliphatic carbocycles. The Morgan fingerprint density at radius 1 is 1.14 bits per heavy atom. The SMILES string of the molecule is C=C[C@H]1C[C@@H](C=Cc2ccc(OC)cc2)[C@H](CO)[C@@H]1CO. The Morgan fingerprint density at radius 2 is 1.76 bits per heavy atom. The van der Waals surface area contributed by atoms with Crippen molar-refractivity contribution in [3.8, 4) is 5.75 Å². The lowest BCUT2D eigenvalue weighted by Gasteiger charge is -2.20. The third-order valence-electron chi connectivity index (χ3n) is 4.57. The summed E-state index contributed by atoms with van der Waals surface area (Å²) in [5, 5.41) is 19.2. The van der Waals surface area contributed by atoms with Gasteiger partial charge in [0.15, 0.2) is 0 Å². The van der Waals surface area contributed by atoms with Gasteiger partial charge in [-0.15, -0.1) is 6.58 Å². The fourth-order valence-electron chi connectivity index (χ4n) is 3.28. The number of hydrogen-bond acceptors (Lipinski definition) is 3. The van der Waals surface area contributed by atoms with Crippen LogP contribution in [0.15, 0.2) is 43.0 Å².